The molecule has 0 N–H and O–H groups in total. The van der Waals surface area contributed by atoms with E-state index in [9.17, 15) is 18.0 Å². The number of hydrogen-bond acceptors (Lipinski definition) is 5. The number of carbonyl (C=O) groups excluding carboxylic acids is 2. The number of carbonyl (C=O) groups is 2. The number of benzene rings is 2. The number of hydrogen-bond donors (Lipinski definition) is 0. The Kier molecular flexibility index (Phi) is 6.86. The number of fused-ring (bicyclic) bond motifs is 2. The number of amides is 2. The number of likely N-dealkylation sites (tertiary alicyclic amines) is 2. The van der Waals surface area contributed by atoms with Gasteiger partial charge in [0, 0.05) is 19.5 Å². The van der Waals surface area contributed by atoms with Crippen LogP contribution in [0.1, 0.15) is 51.9 Å². The molecule has 7 nitrogen and oxygen atoms in total. The Labute approximate surface area is 208 Å². The van der Waals surface area contributed by atoms with Crippen LogP contribution in [0.4, 0.5) is 0 Å². The minimum atomic E-state index is -4.03. The highest BCUT2D eigenvalue weighted by Crippen LogP contribution is 2.42. The van der Waals surface area contributed by atoms with Gasteiger partial charge in [-0.3, -0.25) is 9.59 Å². The van der Waals surface area contributed by atoms with Gasteiger partial charge in [0.1, 0.15) is 0 Å². The second-order valence-electron chi connectivity index (χ2n) is 10.1. The molecule has 0 unspecified atom stereocenters. The molecule has 2 amide bonds. The van der Waals surface area contributed by atoms with Gasteiger partial charge in [0.15, 0.2) is 0 Å². The first-order valence-electron chi connectivity index (χ1n) is 13.0. The van der Waals surface area contributed by atoms with E-state index in [0.717, 1.165) is 41.1 Å². The van der Waals surface area contributed by atoms with Crippen molar-refractivity contribution in [1.82, 2.24) is 14.1 Å². The first-order chi connectivity index (χ1) is 16.9. The molecule has 2 aromatic carbocycles. The van der Waals surface area contributed by atoms with Gasteiger partial charge in [0.2, 0.25) is 11.8 Å². The van der Waals surface area contributed by atoms with Crippen molar-refractivity contribution < 1.29 is 18.0 Å². The van der Waals surface area contributed by atoms with Gasteiger partial charge in [0.25, 0.3) is 10.0 Å². The lowest BCUT2D eigenvalue weighted by Gasteiger charge is -2.30. The van der Waals surface area contributed by atoms with E-state index in [1.807, 2.05) is 36.1 Å². The predicted octanol–water partition coefficient (Wildman–Crippen LogP) is 3.63. The molecule has 0 saturated carbocycles. The van der Waals surface area contributed by atoms with E-state index < -0.39 is 22.0 Å². The van der Waals surface area contributed by atoms with Crippen LogP contribution in [0, 0.1) is 5.92 Å². The Morgan fingerprint density at radius 3 is 2.49 bits per heavy atom. The fourth-order valence-electron chi connectivity index (χ4n) is 6.23. The van der Waals surface area contributed by atoms with Crippen LogP contribution in [0.2, 0.25) is 0 Å². The van der Waals surface area contributed by atoms with Crippen LogP contribution in [0.15, 0.2) is 47.4 Å². The fourth-order valence-corrected chi connectivity index (χ4v) is 7.93. The molecule has 0 spiro atoms. The molecule has 3 heterocycles. The molecular weight excluding hydrogens is 462 g/mol. The molecule has 0 aliphatic carbocycles. The van der Waals surface area contributed by atoms with E-state index in [4.69, 9.17) is 0 Å². The first-order valence-corrected chi connectivity index (χ1v) is 14.4. The van der Waals surface area contributed by atoms with Crippen LogP contribution < -0.4 is 0 Å². The summed E-state index contributed by atoms with van der Waals surface area (Å²) in [6, 6.07) is 11.8. The second kappa shape index (κ2) is 9.90. The summed E-state index contributed by atoms with van der Waals surface area (Å²) in [6.07, 6.45) is 5.88. The van der Waals surface area contributed by atoms with Gasteiger partial charge >= 0.3 is 0 Å². The van der Waals surface area contributed by atoms with Gasteiger partial charge in [-0.2, -0.15) is 0 Å². The van der Waals surface area contributed by atoms with Crippen molar-refractivity contribution in [2.45, 2.75) is 68.8 Å². The van der Waals surface area contributed by atoms with Crippen molar-refractivity contribution in [2.75, 3.05) is 26.2 Å². The van der Waals surface area contributed by atoms with Crippen LogP contribution in [0.3, 0.4) is 0 Å². The molecule has 0 radical (unpaired) electrons. The van der Waals surface area contributed by atoms with Gasteiger partial charge < -0.3 is 9.80 Å². The number of nitrogens with zero attached hydrogens (tertiary/aromatic N) is 3. The third-order valence-electron chi connectivity index (χ3n) is 7.96. The van der Waals surface area contributed by atoms with Crippen LogP contribution in [-0.2, 0) is 19.6 Å². The summed E-state index contributed by atoms with van der Waals surface area (Å²) >= 11 is 0. The smallest absolute Gasteiger partial charge is 0.266 e. The van der Waals surface area contributed by atoms with E-state index in [0.29, 0.717) is 25.8 Å². The molecule has 3 fully saturated rings. The number of sulfonamides is 1. The minimum Gasteiger partial charge on any atom is -0.337 e. The lowest BCUT2D eigenvalue weighted by atomic mass is 9.94. The average molecular weight is 498 g/mol. The average Bonchev–Trinajstić information content (AvgIpc) is 3.41. The van der Waals surface area contributed by atoms with Crippen molar-refractivity contribution in [3.8, 4) is 0 Å². The normalized spacial score (nSPS) is 25.4. The fraction of sp³-hybridized carbons (Fsp3) is 0.556. The van der Waals surface area contributed by atoms with Crippen LogP contribution >= 0.6 is 0 Å². The van der Waals surface area contributed by atoms with Gasteiger partial charge in [0.05, 0.1) is 22.9 Å². The van der Waals surface area contributed by atoms with Crippen molar-refractivity contribution in [1.29, 1.82) is 0 Å². The van der Waals surface area contributed by atoms with Crippen molar-refractivity contribution in [3.63, 3.8) is 0 Å². The van der Waals surface area contributed by atoms with Crippen LogP contribution in [0.25, 0.3) is 10.8 Å². The second-order valence-corrected chi connectivity index (χ2v) is 11.9. The first kappa shape index (κ1) is 24.3. The van der Waals surface area contributed by atoms with Crippen molar-refractivity contribution >= 4 is 32.6 Å². The Morgan fingerprint density at radius 1 is 1.00 bits per heavy atom. The summed E-state index contributed by atoms with van der Waals surface area (Å²) < 4.78 is 28.7. The summed E-state index contributed by atoms with van der Waals surface area (Å²) in [4.78, 5) is 31.1. The lowest BCUT2D eigenvalue weighted by molar-refractivity contribution is -0.134. The van der Waals surface area contributed by atoms with E-state index in [1.54, 1.807) is 18.2 Å². The highest BCUT2D eigenvalue weighted by Gasteiger charge is 2.58. The zero-order valence-electron chi connectivity index (χ0n) is 20.4. The van der Waals surface area contributed by atoms with Crippen molar-refractivity contribution in [2.24, 2.45) is 5.92 Å². The molecule has 5 rings (SSSR count). The number of rotatable bonds is 7. The van der Waals surface area contributed by atoms with Gasteiger partial charge in [-0.05, 0) is 61.7 Å². The maximum Gasteiger partial charge on any atom is 0.266 e. The lowest BCUT2D eigenvalue weighted by Crippen LogP contribution is -2.44. The zero-order chi connectivity index (χ0) is 24.6. The SMILES string of the molecule is CCC[C@@H]1C(=O)N(S(=O)(=O)c2ccc3ccccc3c2)[C@@H]2CCN(C(=O)CCN3CCCCC3)[C@@H]12. The molecule has 3 atom stereocenters. The molecule has 0 bridgehead atoms. The van der Waals surface area contributed by atoms with Gasteiger partial charge in [-0.1, -0.05) is 50.1 Å². The highest BCUT2D eigenvalue weighted by atomic mass is 32.2. The largest absolute Gasteiger partial charge is 0.337 e. The molecule has 35 heavy (non-hydrogen) atoms. The minimum absolute atomic E-state index is 0.0435. The molecule has 2 aromatic rings. The van der Waals surface area contributed by atoms with E-state index in [2.05, 4.69) is 4.90 Å². The van der Waals surface area contributed by atoms with Crippen molar-refractivity contribution in [3.05, 3.63) is 42.5 Å². The van der Waals surface area contributed by atoms with E-state index >= 15 is 0 Å². The van der Waals surface area contributed by atoms with Gasteiger partial charge in [-0.25, -0.2) is 12.7 Å². The molecule has 3 aliphatic heterocycles. The molecule has 0 aromatic heterocycles. The van der Waals surface area contributed by atoms with Crippen LogP contribution in [-0.4, -0.2) is 72.6 Å². The standard InChI is InChI=1S/C27H35N3O4S/c1-2-8-23-26-24(13-18-29(26)25(31)14-17-28-15-6-3-7-16-28)30(27(23)32)35(33,34)22-12-11-20-9-4-5-10-21(20)19-22/h4-5,9-12,19,23-24,26H,2-3,6-8,13-18H2,1H3/t23-,24+,26-/m0/s1. The molecular formula is C27H35N3O4S. The Morgan fingerprint density at radius 2 is 1.74 bits per heavy atom. The van der Waals surface area contributed by atoms with E-state index in [-0.39, 0.29) is 22.8 Å². The number of piperidine rings is 1. The Hall–Kier alpha value is -2.45. The summed E-state index contributed by atoms with van der Waals surface area (Å²) in [7, 11) is -4.03. The maximum atomic E-state index is 13.8. The monoisotopic (exact) mass is 497 g/mol. The van der Waals surface area contributed by atoms with Crippen LogP contribution in [0.5, 0.6) is 0 Å². The quantitative estimate of drug-likeness (QED) is 0.584. The molecule has 3 saturated heterocycles. The predicted molar refractivity (Wildman–Crippen MR) is 135 cm³/mol. The molecule has 3 aliphatic rings. The third-order valence-corrected chi connectivity index (χ3v) is 9.77. The van der Waals surface area contributed by atoms with Gasteiger partial charge in [-0.15, -0.1) is 0 Å². The summed E-state index contributed by atoms with van der Waals surface area (Å²) in [5.41, 5.74) is 0. The zero-order valence-corrected chi connectivity index (χ0v) is 21.3. The summed E-state index contributed by atoms with van der Waals surface area (Å²) in [5.74, 6) is -0.785. The molecule has 188 valence electrons. The summed E-state index contributed by atoms with van der Waals surface area (Å²) in [5, 5.41) is 1.77. The topological polar surface area (TPSA) is 78.0 Å². The Bertz CT molecular complexity index is 1210. The maximum absolute atomic E-state index is 13.8. The highest BCUT2D eigenvalue weighted by molar-refractivity contribution is 7.89. The third kappa shape index (κ3) is 4.47. The summed E-state index contributed by atoms with van der Waals surface area (Å²) in [6.45, 7) is 5.31. The Balaban J connectivity index is 1.40. The van der Waals surface area contributed by atoms with E-state index in [1.165, 1.54) is 19.3 Å². The molecule has 8 heteroatoms.